The summed E-state index contributed by atoms with van der Waals surface area (Å²) in [6, 6.07) is 0. The van der Waals surface area contributed by atoms with Crippen molar-refractivity contribution in [3.8, 4) is 0 Å². The molecule has 1 N–H and O–H groups in total. The predicted octanol–water partition coefficient (Wildman–Crippen LogP) is 1.90. The molecule has 4 aliphatic rings. The lowest BCUT2D eigenvalue weighted by Crippen LogP contribution is -2.72. The highest BCUT2D eigenvalue weighted by Crippen LogP contribution is 2.67. The van der Waals surface area contributed by atoms with Crippen molar-refractivity contribution in [1.82, 2.24) is 0 Å². The number of methoxy groups -OCH3 is 1. The van der Waals surface area contributed by atoms with Crippen LogP contribution in [0.3, 0.4) is 0 Å². The monoisotopic (exact) mass is 376 g/mol. The maximum atomic E-state index is 13.4. The van der Waals surface area contributed by atoms with Crippen LogP contribution in [0.1, 0.15) is 40.5 Å². The van der Waals surface area contributed by atoms with Crippen molar-refractivity contribution < 1.29 is 29.0 Å². The molecule has 0 bridgehead atoms. The van der Waals surface area contributed by atoms with Gasteiger partial charge in [0.2, 0.25) is 5.78 Å². The summed E-state index contributed by atoms with van der Waals surface area (Å²) in [5, 5.41) is 11.1. The van der Waals surface area contributed by atoms with Crippen LogP contribution in [0.15, 0.2) is 11.8 Å². The molecule has 9 unspecified atom stereocenters. The van der Waals surface area contributed by atoms with Crippen molar-refractivity contribution in [2.75, 3.05) is 7.11 Å². The number of ketones is 2. The van der Waals surface area contributed by atoms with E-state index >= 15 is 0 Å². The molecule has 0 aromatic carbocycles. The second kappa shape index (κ2) is 5.66. The van der Waals surface area contributed by atoms with E-state index in [1.54, 1.807) is 6.92 Å². The van der Waals surface area contributed by atoms with Gasteiger partial charge in [-0.15, -0.1) is 0 Å². The molecule has 1 heterocycles. The molecular weight excluding hydrogens is 348 g/mol. The molecule has 148 valence electrons. The van der Waals surface area contributed by atoms with Gasteiger partial charge in [-0.25, -0.2) is 0 Å². The summed E-state index contributed by atoms with van der Waals surface area (Å²) in [5.74, 6) is -1.82. The molecule has 0 amide bonds. The maximum Gasteiger partial charge on any atom is 0.306 e. The summed E-state index contributed by atoms with van der Waals surface area (Å²) in [6.45, 7) is 7.66. The second-order valence-corrected chi connectivity index (χ2v) is 9.32. The number of Topliss-reactive ketones (excluding diaryl/α,β-unsaturated/α-hetero) is 2. The van der Waals surface area contributed by atoms with Gasteiger partial charge in [-0.05, 0) is 30.3 Å². The van der Waals surface area contributed by atoms with Gasteiger partial charge >= 0.3 is 5.97 Å². The number of hydrogen-bond donors (Lipinski definition) is 1. The van der Waals surface area contributed by atoms with Gasteiger partial charge in [-0.2, -0.15) is 0 Å². The van der Waals surface area contributed by atoms with Crippen LogP contribution in [-0.2, 0) is 23.9 Å². The highest BCUT2D eigenvalue weighted by atomic mass is 16.5. The lowest BCUT2D eigenvalue weighted by Gasteiger charge is -2.66. The summed E-state index contributed by atoms with van der Waals surface area (Å²) in [4.78, 5) is 38.7. The van der Waals surface area contributed by atoms with E-state index in [4.69, 9.17) is 9.47 Å². The topological polar surface area (TPSA) is 89.9 Å². The van der Waals surface area contributed by atoms with Gasteiger partial charge < -0.3 is 14.6 Å². The number of carbonyl (C=O) groups is 3. The molecule has 0 aromatic heterocycles. The van der Waals surface area contributed by atoms with Crippen LogP contribution < -0.4 is 0 Å². The predicted molar refractivity (Wildman–Crippen MR) is 95.2 cm³/mol. The van der Waals surface area contributed by atoms with Crippen molar-refractivity contribution in [2.45, 2.75) is 52.7 Å². The third kappa shape index (κ3) is 2.08. The molecule has 27 heavy (non-hydrogen) atoms. The average molecular weight is 376 g/mol. The lowest BCUT2D eigenvalue weighted by atomic mass is 9.38. The van der Waals surface area contributed by atoms with E-state index < -0.39 is 34.9 Å². The van der Waals surface area contributed by atoms with Crippen molar-refractivity contribution in [3.05, 3.63) is 11.8 Å². The Kier molecular flexibility index (Phi) is 3.91. The number of ether oxygens (including phenoxy) is 2. The van der Waals surface area contributed by atoms with Crippen molar-refractivity contribution in [2.24, 2.45) is 40.4 Å². The molecule has 6 nitrogen and oxygen atoms in total. The molecule has 3 aliphatic carbocycles. The fourth-order valence-electron chi connectivity index (χ4n) is 7.00. The molecule has 0 spiro atoms. The van der Waals surface area contributed by atoms with Crippen LogP contribution in [0.5, 0.6) is 0 Å². The highest BCUT2D eigenvalue weighted by Gasteiger charge is 2.72. The number of hydrogen-bond acceptors (Lipinski definition) is 6. The Morgan fingerprint density at radius 3 is 2.48 bits per heavy atom. The van der Waals surface area contributed by atoms with Crippen LogP contribution >= 0.6 is 0 Å². The second-order valence-electron chi connectivity index (χ2n) is 9.32. The Morgan fingerprint density at radius 1 is 1.19 bits per heavy atom. The van der Waals surface area contributed by atoms with Crippen molar-refractivity contribution in [3.63, 3.8) is 0 Å². The van der Waals surface area contributed by atoms with Gasteiger partial charge in [0.1, 0.15) is 12.2 Å². The first-order valence-electron chi connectivity index (χ1n) is 9.80. The van der Waals surface area contributed by atoms with Gasteiger partial charge in [-0.3, -0.25) is 14.4 Å². The first-order valence-corrected chi connectivity index (χ1v) is 9.80. The van der Waals surface area contributed by atoms with Crippen LogP contribution in [0.25, 0.3) is 0 Å². The fourth-order valence-corrected chi connectivity index (χ4v) is 7.00. The summed E-state index contributed by atoms with van der Waals surface area (Å²) in [5.41, 5.74) is -1.57. The maximum absolute atomic E-state index is 13.4. The largest absolute Gasteiger partial charge is 0.493 e. The van der Waals surface area contributed by atoms with E-state index in [1.165, 1.54) is 7.11 Å². The van der Waals surface area contributed by atoms with E-state index in [0.29, 0.717) is 12.2 Å². The molecule has 3 fully saturated rings. The van der Waals surface area contributed by atoms with Crippen molar-refractivity contribution >= 4 is 17.5 Å². The molecular formula is C21H28O6. The minimum atomic E-state index is -1.25. The SMILES string of the molecule is COC1=CC(C)C2CC3OC(=O)CC4C(C)C(=O)C(O)C(C2(C)C1=O)C34C. The minimum absolute atomic E-state index is 0.00734. The van der Waals surface area contributed by atoms with E-state index in [0.717, 1.165) is 0 Å². The highest BCUT2D eigenvalue weighted by molar-refractivity contribution is 6.01. The first kappa shape index (κ1) is 18.7. The molecule has 1 saturated heterocycles. The van der Waals surface area contributed by atoms with Crippen LogP contribution in [0, 0.1) is 40.4 Å². The Labute approximate surface area is 159 Å². The number of aliphatic hydroxyl groups is 1. The van der Waals surface area contributed by atoms with Gasteiger partial charge in [0, 0.05) is 29.1 Å². The third-order valence-corrected chi connectivity index (χ3v) is 8.35. The summed E-state index contributed by atoms with van der Waals surface area (Å²) >= 11 is 0. The number of rotatable bonds is 1. The van der Waals surface area contributed by atoms with Gasteiger partial charge in [0.15, 0.2) is 11.5 Å². The molecule has 2 saturated carbocycles. The molecule has 0 aromatic rings. The number of allylic oxidation sites excluding steroid dienone is 2. The van der Waals surface area contributed by atoms with Crippen LogP contribution in [0.2, 0.25) is 0 Å². The normalized spacial score (nSPS) is 51.7. The van der Waals surface area contributed by atoms with Crippen LogP contribution in [-0.4, -0.2) is 42.0 Å². The van der Waals surface area contributed by atoms with E-state index in [1.807, 2.05) is 26.8 Å². The number of esters is 1. The Hall–Kier alpha value is -1.69. The zero-order valence-electron chi connectivity index (χ0n) is 16.5. The zero-order valence-corrected chi connectivity index (χ0v) is 16.5. The Balaban J connectivity index is 1.94. The van der Waals surface area contributed by atoms with Crippen LogP contribution in [0.4, 0.5) is 0 Å². The number of aliphatic hydroxyl groups excluding tert-OH is 1. The molecule has 1 aliphatic heterocycles. The zero-order chi connectivity index (χ0) is 19.9. The van der Waals surface area contributed by atoms with Crippen molar-refractivity contribution in [1.29, 1.82) is 0 Å². The van der Waals surface area contributed by atoms with E-state index in [2.05, 4.69) is 0 Å². The van der Waals surface area contributed by atoms with Gasteiger partial charge in [0.25, 0.3) is 0 Å². The number of carbonyl (C=O) groups excluding carboxylic acids is 3. The minimum Gasteiger partial charge on any atom is -0.493 e. The molecule has 6 heteroatoms. The summed E-state index contributed by atoms with van der Waals surface area (Å²) in [7, 11) is 1.48. The van der Waals surface area contributed by atoms with E-state index in [-0.39, 0.29) is 41.7 Å². The smallest absolute Gasteiger partial charge is 0.306 e. The standard InChI is InChI=1S/C21H28O6/c1-9-6-13(26-5)19(25)21(4)11(9)7-14-20(3)12(8-15(22)27-14)10(2)16(23)17(24)18(20)21/h6,9-12,14,17-18,24H,7-8H2,1-5H3. The van der Waals surface area contributed by atoms with Gasteiger partial charge in [-0.1, -0.05) is 27.7 Å². The van der Waals surface area contributed by atoms with E-state index in [9.17, 15) is 19.5 Å². The molecule has 4 rings (SSSR count). The Bertz CT molecular complexity index is 756. The fraction of sp³-hybridized carbons (Fsp3) is 0.762. The molecule has 0 radical (unpaired) electrons. The van der Waals surface area contributed by atoms with Gasteiger partial charge in [0.05, 0.1) is 7.11 Å². The Morgan fingerprint density at radius 2 is 1.85 bits per heavy atom. The average Bonchev–Trinajstić information content (AvgIpc) is 2.61. The molecule has 9 atom stereocenters. The quantitative estimate of drug-likeness (QED) is 0.703. The summed E-state index contributed by atoms with van der Waals surface area (Å²) < 4.78 is 11.1. The summed E-state index contributed by atoms with van der Waals surface area (Å²) in [6.07, 6.45) is 0.880. The third-order valence-electron chi connectivity index (χ3n) is 8.35. The first-order chi connectivity index (χ1) is 12.6. The lowest BCUT2D eigenvalue weighted by molar-refractivity contribution is -0.249. The number of fused-ring (bicyclic) bond motifs is 2.